The van der Waals surface area contributed by atoms with Crippen LogP contribution in [0.25, 0.3) is 10.9 Å². The van der Waals surface area contributed by atoms with Gasteiger partial charge in [-0.05, 0) is 42.2 Å². The first-order valence-electron chi connectivity index (χ1n) is 8.84. The third kappa shape index (κ3) is 2.83. The van der Waals surface area contributed by atoms with E-state index in [1.807, 2.05) is 6.07 Å². The highest BCUT2D eigenvalue weighted by atomic mass is 16.1. The average Bonchev–Trinajstić information content (AvgIpc) is 3.05. The minimum absolute atomic E-state index is 0.243. The van der Waals surface area contributed by atoms with Crippen LogP contribution in [-0.4, -0.2) is 21.4 Å². The van der Waals surface area contributed by atoms with Crippen molar-refractivity contribution in [2.45, 2.75) is 39.0 Å². The standard InChI is InChI=1S/C21H23N3O/c1-2-23-11-10-18-17(8-5-9-19(18)23)14-24-13-16-7-4-3-6-15(16)12-20(24)21(22)25/h3-11,20H,2,12-14H2,1H3,(H2,22,25)/t20-/m0/s1. The molecule has 0 radical (unpaired) electrons. The highest BCUT2D eigenvalue weighted by Gasteiger charge is 2.30. The second kappa shape index (κ2) is 6.37. The number of aromatic nitrogens is 1. The number of benzene rings is 2. The van der Waals surface area contributed by atoms with E-state index in [9.17, 15) is 4.79 Å². The van der Waals surface area contributed by atoms with Crippen LogP contribution in [0.15, 0.2) is 54.7 Å². The van der Waals surface area contributed by atoms with Crippen LogP contribution < -0.4 is 5.73 Å². The first-order chi connectivity index (χ1) is 12.2. The van der Waals surface area contributed by atoms with E-state index in [0.717, 1.165) is 19.6 Å². The van der Waals surface area contributed by atoms with Crippen LogP contribution in [0.3, 0.4) is 0 Å². The normalized spacial score (nSPS) is 17.6. The summed E-state index contributed by atoms with van der Waals surface area (Å²) in [6.45, 7) is 4.59. The summed E-state index contributed by atoms with van der Waals surface area (Å²) in [5, 5.41) is 1.26. The van der Waals surface area contributed by atoms with E-state index in [0.29, 0.717) is 6.42 Å². The lowest BCUT2D eigenvalue weighted by Gasteiger charge is -2.35. The molecule has 0 bridgehead atoms. The Bertz CT molecular complexity index is 928. The van der Waals surface area contributed by atoms with Crippen molar-refractivity contribution in [1.82, 2.24) is 9.47 Å². The molecule has 3 aromatic rings. The molecule has 1 aliphatic rings. The highest BCUT2D eigenvalue weighted by molar-refractivity contribution is 5.84. The molecule has 1 aromatic heterocycles. The second-order valence-corrected chi connectivity index (χ2v) is 6.75. The molecule has 0 saturated carbocycles. The van der Waals surface area contributed by atoms with Gasteiger partial charge < -0.3 is 10.3 Å². The number of carbonyl (C=O) groups is 1. The van der Waals surface area contributed by atoms with Crippen molar-refractivity contribution < 1.29 is 4.79 Å². The number of primary amides is 1. The maximum absolute atomic E-state index is 12.1. The van der Waals surface area contributed by atoms with Crippen LogP contribution in [0.5, 0.6) is 0 Å². The van der Waals surface area contributed by atoms with E-state index in [4.69, 9.17) is 5.73 Å². The third-order valence-electron chi connectivity index (χ3n) is 5.29. The Morgan fingerprint density at radius 3 is 2.68 bits per heavy atom. The molecule has 4 nitrogen and oxygen atoms in total. The summed E-state index contributed by atoms with van der Waals surface area (Å²) in [5.74, 6) is -0.243. The van der Waals surface area contributed by atoms with E-state index < -0.39 is 0 Å². The maximum Gasteiger partial charge on any atom is 0.235 e. The Hall–Kier alpha value is -2.59. The monoisotopic (exact) mass is 333 g/mol. The molecule has 2 aromatic carbocycles. The zero-order valence-electron chi connectivity index (χ0n) is 14.5. The number of aryl methyl sites for hydroxylation is 1. The minimum Gasteiger partial charge on any atom is -0.368 e. The summed E-state index contributed by atoms with van der Waals surface area (Å²) in [5.41, 5.74) is 10.7. The van der Waals surface area contributed by atoms with Crippen molar-refractivity contribution in [3.63, 3.8) is 0 Å². The fourth-order valence-electron chi connectivity index (χ4n) is 3.94. The van der Waals surface area contributed by atoms with Crippen LogP contribution >= 0.6 is 0 Å². The number of carbonyl (C=O) groups excluding carboxylic acids is 1. The summed E-state index contributed by atoms with van der Waals surface area (Å²) in [6.07, 6.45) is 2.82. The molecule has 1 aliphatic heterocycles. The lowest BCUT2D eigenvalue weighted by molar-refractivity contribution is -0.124. The number of amides is 1. The quantitative estimate of drug-likeness (QED) is 0.798. The van der Waals surface area contributed by atoms with Crippen molar-refractivity contribution in [3.8, 4) is 0 Å². The molecule has 4 rings (SSSR count). The van der Waals surface area contributed by atoms with Gasteiger partial charge in [-0.3, -0.25) is 9.69 Å². The van der Waals surface area contributed by atoms with Gasteiger partial charge in [-0.2, -0.15) is 0 Å². The first-order valence-corrected chi connectivity index (χ1v) is 8.84. The van der Waals surface area contributed by atoms with Gasteiger partial charge in [0, 0.05) is 36.7 Å². The minimum atomic E-state index is -0.251. The molecule has 0 saturated heterocycles. The van der Waals surface area contributed by atoms with Crippen molar-refractivity contribution in [2.75, 3.05) is 0 Å². The molecule has 2 N–H and O–H groups in total. The SMILES string of the molecule is CCn1ccc2c(CN3Cc4ccccc4C[C@H]3C(N)=O)cccc21. The van der Waals surface area contributed by atoms with E-state index in [1.165, 1.54) is 27.6 Å². The highest BCUT2D eigenvalue weighted by Crippen LogP contribution is 2.27. The van der Waals surface area contributed by atoms with Gasteiger partial charge in [0.15, 0.2) is 0 Å². The Morgan fingerprint density at radius 1 is 1.12 bits per heavy atom. The van der Waals surface area contributed by atoms with Crippen molar-refractivity contribution >= 4 is 16.8 Å². The van der Waals surface area contributed by atoms with Gasteiger partial charge in [0.1, 0.15) is 0 Å². The largest absolute Gasteiger partial charge is 0.368 e. The van der Waals surface area contributed by atoms with Crippen molar-refractivity contribution in [2.24, 2.45) is 5.73 Å². The summed E-state index contributed by atoms with van der Waals surface area (Å²) < 4.78 is 2.25. The molecule has 1 amide bonds. The molecule has 128 valence electrons. The van der Waals surface area contributed by atoms with Gasteiger partial charge in [-0.25, -0.2) is 0 Å². The molecule has 1 atom stereocenters. The molecule has 2 heterocycles. The molecule has 4 heteroatoms. The summed E-state index contributed by atoms with van der Waals surface area (Å²) >= 11 is 0. The van der Waals surface area contributed by atoms with E-state index >= 15 is 0 Å². The van der Waals surface area contributed by atoms with Gasteiger partial charge in [0.2, 0.25) is 5.91 Å². The van der Waals surface area contributed by atoms with Crippen molar-refractivity contribution in [3.05, 3.63) is 71.4 Å². The lowest BCUT2D eigenvalue weighted by Crippen LogP contribution is -2.48. The first kappa shape index (κ1) is 15.9. The number of fused-ring (bicyclic) bond motifs is 2. The van der Waals surface area contributed by atoms with E-state index in [1.54, 1.807) is 0 Å². The van der Waals surface area contributed by atoms with Gasteiger partial charge in [-0.15, -0.1) is 0 Å². The fourth-order valence-corrected chi connectivity index (χ4v) is 3.94. The van der Waals surface area contributed by atoms with Crippen LogP contribution in [0.4, 0.5) is 0 Å². The Labute approximate surface area is 147 Å². The molecule has 0 fully saturated rings. The number of nitrogens with two attached hydrogens (primary N) is 1. The van der Waals surface area contributed by atoms with E-state index in [2.05, 4.69) is 65.1 Å². The molecule has 0 aliphatic carbocycles. The topological polar surface area (TPSA) is 51.3 Å². The molecule has 0 unspecified atom stereocenters. The number of hydrogen-bond acceptors (Lipinski definition) is 2. The second-order valence-electron chi connectivity index (χ2n) is 6.75. The van der Waals surface area contributed by atoms with Crippen molar-refractivity contribution in [1.29, 1.82) is 0 Å². The number of rotatable bonds is 4. The third-order valence-corrected chi connectivity index (χ3v) is 5.29. The average molecular weight is 333 g/mol. The van der Waals surface area contributed by atoms with Gasteiger partial charge in [0.05, 0.1) is 6.04 Å². The smallest absolute Gasteiger partial charge is 0.235 e. The number of nitrogens with zero attached hydrogens (tertiary/aromatic N) is 2. The molecular formula is C21H23N3O. The number of hydrogen-bond donors (Lipinski definition) is 1. The molecule has 25 heavy (non-hydrogen) atoms. The van der Waals surface area contributed by atoms with Crippen LogP contribution in [0.1, 0.15) is 23.6 Å². The van der Waals surface area contributed by atoms with Gasteiger partial charge in [0.25, 0.3) is 0 Å². The van der Waals surface area contributed by atoms with Crippen LogP contribution in [0, 0.1) is 0 Å². The van der Waals surface area contributed by atoms with Gasteiger partial charge in [-0.1, -0.05) is 36.4 Å². The molecule has 0 spiro atoms. The van der Waals surface area contributed by atoms with E-state index in [-0.39, 0.29) is 11.9 Å². The Morgan fingerprint density at radius 2 is 1.92 bits per heavy atom. The zero-order valence-corrected chi connectivity index (χ0v) is 14.5. The summed E-state index contributed by atoms with van der Waals surface area (Å²) in [6, 6.07) is 16.7. The summed E-state index contributed by atoms with van der Waals surface area (Å²) in [4.78, 5) is 14.3. The maximum atomic E-state index is 12.1. The lowest BCUT2D eigenvalue weighted by atomic mass is 9.93. The fraction of sp³-hybridized carbons (Fsp3) is 0.286. The van der Waals surface area contributed by atoms with Crippen LogP contribution in [-0.2, 0) is 30.8 Å². The Balaban J connectivity index is 1.69. The predicted octanol–water partition coefficient (Wildman–Crippen LogP) is 3.07. The zero-order chi connectivity index (χ0) is 17.4. The van der Waals surface area contributed by atoms with Gasteiger partial charge >= 0.3 is 0 Å². The molecular weight excluding hydrogens is 310 g/mol. The Kier molecular flexibility index (Phi) is 4.06. The van der Waals surface area contributed by atoms with Crippen LogP contribution in [0.2, 0.25) is 0 Å². The summed E-state index contributed by atoms with van der Waals surface area (Å²) in [7, 11) is 0. The predicted molar refractivity (Wildman–Crippen MR) is 100.0 cm³/mol.